The Balaban J connectivity index is 1.67. The van der Waals surface area contributed by atoms with Crippen molar-refractivity contribution in [2.45, 2.75) is 12.8 Å². The SMILES string of the molecule is C(#CC1CC1)CN1CCNCC1. The van der Waals surface area contributed by atoms with Crippen LogP contribution in [0.3, 0.4) is 0 Å². The zero-order valence-electron chi connectivity index (χ0n) is 7.47. The standard InChI is InChI=1S/C10H16N2/c1(2-10-3-4-10)7-12-8-5-11-6-9-12/h10-11H,3-9H2. The molecule has 0 atom stereocenters. The highest BCUT2D eigenvalue weighted by Crippen LogP contribution is 2.27. The van der Waals surface area contributed by atoms with Crippen LogP contribution in [-0.4, -0.2) is 37.6 Å². The molecule has 0 amide bonds. The second kappa shape index (κ2) is 3.93. The maximum Gasteiger partial charge on any atom is 0.0602 e. The summed E-state index contributed by atoms with van der Waals surface area (Å²) in [6.07, 6.45) is 2.68. The molecule has 0 bridgehead atoms. The van der Waals surface area contributed by atoms with E-state index in [1.807, 2.05) is 0 Å². The van der Waals surface area contributed by atoms with Gasteiger partial charge in [-0.3, -0.25) is 4.90 Å². The maximum atomic E-state index is 3.34. The summed E-state index contributed by atoms with van der Waals surface area (Å²) in [6, 6.07) is 0. The van der Waals surface area contributed by atoms with E-state index in [1.54, 1.807) is 0 Å². The normalized spacial score (nSPS) is 24.7. The monoisotopic (exact) mass is 164 g/mol. The summed E-state index contributed by atoms with van der Waals surface area (Å²) >= 11 is 0. The molecular weight excluding hydrogens is 148 g/mol. The molecule has 0 spiro atoms. The second-order valence-corrected chi connectivity index (χ2v) is 3.62. The van der Waals surface area contributed by atoms with Gasteiger partial charge in [0.15, 0.2) is 0 Å². The van der Waals surface area contributed by atoms with Crippen molar-refractivity contribution in [1.29, 1.82) is 0 Å². The summed E-state index contributed by atoms with van der Waals surface area (Å²) < 4.78 is 0. The Morgan fingerprint density at radius 1 is 1.25 bits per heavy atom. The summed E-state index contributed by atoms with van der Waals surface area (Å²) in [5, 5.41) is 3.34. The van der Waals surface area contributed by atoms with Gasteiger partial charge in [0, 0.05) is 32.1 Å². The van der Waals surface area contributed by atoms with E-state index in [0.29, 0.717) is 0 Å². The lowest BCUT2D eigenvalue weighted by atomic mass is 10.3. The minimum absolute atomic E-state index is 0.757. The first kappa shape index (κ1) is 8.10. The van der Waals surface area contributed by atoms with Gasteiger partial charge in [0.05, 0.1) is 6.54 Å². The molecule has 1 heterocycles. The van der Waals surface area contributed by atoms with Crippen LogP contribution in [0.4, 0.5) is 0 Å². The maximum absolute atomic E-state index is 3.34. The van der Waals surface area contributed by atoms with Crippen molar-refractivity contribution in [3.05, 3.63) is 0 Å². The Morgan fingerprint density at radius 2 is 2.00 bits per heavy atom. The summed E-state index contributed by atoms with van der Waals surface area (Å²) in [5.74, 6) is 7.31. The Hall–Kier alpha value is -0.520. The van der Waals surface area contributed by atoms with Gasteiger partial charge in [0.25, 0.3) is 0 Å². The van der Waals surface area contributed by atoms with Crippen molar-refractivity contribution in [3.63, 3.8) is 0 Å². The molecule has 0 aromatic rings. The predicted octanol–water partition coefficient (Wildman–Crippen LogP) is 0.305. The van der Waals surface area contributed by atoms with E-state index < -0.39 is 0 Å². The molecule has 2 fully saturated rings. The Bertz CT molecular complexity index is 192. The van der Waals surface area contributed by atoms with Crippen LogP contribution in [-0.2, 0) is 0 Å². The molecule has 2 rings (SSSR count). The van der Waals surface area contributed by atoms with Gasteiger partial charge in [-0.15, -0.1) is 0 Å². The molecule has 12 heavy (non-hydrogen) atoms. The molecule has 1 saturated carbocycles. The van der Waals surface area contributed by atoms with Crippen molar-refractivity contribution in [2.24, 2.45) is 5.92 Å². The average molecular weight is 164 g/mol. The highest BCUT2D eigenvalue weighted by molar-refractivity contribution is 5.10. The van der Waals surface area contributed by atoms with Crippen LogP contribution in [0.2, 0.25) is 0 Å². The fourth-order valence-electron chi connectivity index (χ4n) is 1.40. The first-order valence-electron chi connectivity index (χ1n) is 4.86. The first-order valence-corrected chi connectivity index (χ1v) is 4.86. The minimum atomic E-state index is 0.757. The lowest BCUT2D eigenvalue weighted by Crippen LogP contribution is -2.43. The van der Waals surface area contributed by atoms with Crippen LogP contribution in [0, 0.1) is 17.8 Å². The highest BCUT2D eigenvalue weighted by Gasteiger charge is 2.17. The molecular formula is C10H16N2. The lowest BCUT2D eigenvalue weighted by Gasteiger charge is -2.24. The quantitative estimate of drug-likeness (QED) is 0.561. The third-order valence-corrected chi connectivity index (χ3v) is 2.40. The Morgan fingerprint density at radius 3 is 2.67 bits per heavy atom. The van der Waals surface area contributed by atoms with Crippen LogP contribution in [0.25, 0.3) is 0 Å². The van der Waals surface area contributed by atoms with Crippen molar-refractivity contribution in [1.82, 2.24) is 10.2 Å². The fourth-order valence-corrected chi connectivity index (χ4v) is 1.40. The van der Waals surface area contributed by atoms with E-state index in [9.17, 15) is 0 Å². The van der Waals surface area contributed by atoms with E-state index in [4.69, 9.17) is 0 Å². The van der Waals surface area contributed by atoms with Crippen LogP contribution in [0.15, 0.2) is 0 Å². The third-order valence-electron chi connectivity index (χ3n) is 2.40. The van der Waals surface area contributed by atoms with E-state index >= 15 is 0 Å². The van der Waals surface area contributed by atoms with Gasteiger partial charge in [0.2, 0.25) is 0 Å². The van der Waals surface area contributed by atoms with Gasteiger partial charge in [0.1, 0.15) is 0 Å². The summed E-state index contributed by atoms with van der Waals surface area (Å²) in [5.41, 5.74) is 0. The third kappa shape index (κ3) is 2.51. The number of piperazine rings is 1. The van der Waals surface area contributed by atoms with Crippen molar-refractivity contribution >= 4 is 0 Å². The summed E-state index contributed by atoms with van der Waals surface area (Å²) in [7, 11) is 0. The molecule has 2 aliphatic rings. The number of nitrogens with zero attached hydrogens (tertiary/aromatic N) is 1. The first-order chi connectivity index (χ1) is 5.95. The van der Waals surface area contributed by atoms with E-state index in [-0.39, 0.29) is 0 Å². The molecule has 0 unspecified atom stereocenters. The second-order valence-electron chi connectivity index (χ2n) is 3.62. The zero-order chi connectivity index (χ0) is 8.23. The number of hydrogen-bond acceptors (Lipinski definition) is 2. The van der Waals surface area contributed by atoms with Crippen LogP contribution >= 0.6 is 0 Å². The largest absolute Gasteiger partial charge is 0.314 e. The van der Waals surface area contributed by atoms with Gasteiger partial charge in [-0.05, 0) is 12.8 Å². The van der Waals surface area contributed by atoms with E-state index in [0.717, 1.165) is 25.6 Å². The number of rotatable bonds is 1. The highest BCUT2D eigenvalue weighted by atomic mass is 15.2. The van der Waals surface area contributed by atoms with Crippen LogP contribution in [0.5, 0.6) is 0 Å². The zero-order valence-corrected chi connectivity index (χ0v) is 7.47. The smallest absolute Gasteiger partial charge is 0.0602 e. The van der Waals surface area contributed by atoms with Gasteiger partial charge >= 0.3 is 0 Å². The fraction of sp³-hybridized carbons (Fsp3) is 0.800. The van der Waals surface area contributed by atoms with Crippen LogP contribution < -0.4 is 5.32 Å². The average Bonchev–Trinajstić information content (AvgIpc) is 2.90. The van der Waals surface area contributed by atoms with Gasteiger partial charge < -0.3 is 5.32 Å². The lowest BCUT2D eigenvalue weighted by molar-refractivity contribution is 0.268. The van der Waals surface area contributed by atoms with Gasteiger partial charge in [-0.2, -0.15) is 0 Å². The van der Waals surface area contributed by atoms with Gasteiger partial charge in [-0.25, -0.2) is 0 Å². The molecule has 1 N–H and O–H groups in total. The predicted molar refractivity (Wildman–Crippen MR) is 49.8 cm³/mol. The minimum Gasteiger partial charge on any atom is -0.314 e. The molecule has 1 saturated heterocycles. The molecule has 1 aliphatic heterocycles. The van der Waals surface area contributed by atoms with Gasteiger partial charge in [-0.1, -0.05) is 11.8 Å². The van der Waals surface area contributed by atoms with Crippen molar-refractivity contribution in [3.8, 4) is 11.8 Å². The van der Waals surface area contributed by atoms with E-state index in [1.165, 1.54) is 25.9 Å². The van der Waals surface area contributed by atoms with Crippen molar-refractivity contribution in [2.75, 3.05) is 32.7 Å². The van der Waals surface area contributed by atoms with Crippen molar-refractivity contribution < 1.29 is 0 Å². The molecule has 2 nitrogen and oxygen atoms in total. The molecule has 0 radical (unpaired) electrons. The summed E-state index contributed by atoms with van der Waals surface area (Å²) in [6.45, 7) is 5.58. The van der Waals surface area contributed by atoms with E-state index in [2.05, 4.69) is 22.1 Å². The molecule has 0 aromatic heterocycles. The Kier molecular flexibility index (Phi) is 2.65. The Labute approximate surface area is 74.3 Å². The molecule has 66 valence electrons. The summed E-state index contributed by atoms with van der Waals surface area (Å²) in [4.78, 5) is 2.42. The topological polar surface area (TPSA) is 15.3 Å². The molecule has 1 aliphatic carbocycles. The van der Waals surface area contributed by atoms with Crippen LogP contribution in [0.1, 0.15) is 12.8 Å². The molecule has 0 aromatic carbocycles. The number of hydrogen-bond donors (Lipinski definition) is 1. The molecule has 2 heteroatoms. The number of nitrogens with one attached hydrogen (secondary N) is 1.